The molecule has 1 heterocycles. The second-order valence-electron chi connectivity index (χ2n) is 6.38. The maximum Gasteiger partial charge on any atom is 0.273 e. The van der Waals surface area contributed by atoms with E-state index in [9.17, 15) is 9.59 Å². The molecule has 0 bridgehead atoms. The van der Waals surface area contributed by atoms with Crippen molar-refractivity contribution >= 4 is 29.5 Å². The number of nitrogens with zero attached hydrogens (tertiary/aromatic N) is 2. The van der Waals surface area contributed by atoms with Crippen molar-refractivity contribution in [2.45, 2.75) is 38.1 Å². The fourth-order valence-electron chi connectivity index (χ4n) is 3.07. The van der Waals surface area contributed by atoms with E-state index in [2.05, 4.69) is 25.9 Å². The fourth-order valence-corrected chi connectivity index (χ4v) is 3.07. The van der Waals surface area contributed by atoms with E-state index in [-0.39, 0.29) is 11.6 Å². The predicted molar refractivity (Wildman–Crippen MR) is 101 cm³/mol. The lowest BCUT2D eigenvalue weighted by molar-refractivity contribution is 0.0958. The largest absolute Gasteiger partial charge is 0.366 e. The molecule has 26 heavy (non-hydrogen) atoms. The molecule has 3 N–H and O–H groups in total. The number of benzene rings is 1. The van der Waals surface area contributed by atoms with Crippen LogP contribution >= 0.6 is 0 Å². The maximum absolute atomic E-state index is 12.1. The van der Waals surface area contributed by atoms with E-state index in [1.165, 1.54) is 19.3 Å². The quantitative estimate of drug-likeness (QED) is 0.691. The van der Waals surface area contributed by atoms with Crippen LogP contribution < -0.4 is 16.0 Å². The molecule has 136 valence electrons. The van der Waals surface area contributed by atoms with Crippen LogP contribution in [0.15, 0.2) is 30.5 Å². The van der Waals surface area contributed by atoms with Crippen LogP contribution in [0, 0.1) is 0 Å². The highest BCUT2D eigenvalue weighted by atomic mass is 16.1. The first-order valence-electron chi connectivity index (χ1n) is 8.87. The summed E-state index contributed by atoms with van der Waals surface area (Å²) < 4.78 is 0. The number of amides is 1. The van der Waals surface area contributed by atoms with Gasteiger partial charge in [-0.3, -0.25) is 9.59 Å². The van der Waals surface area contributed by atoms with Gasteiger partial charge in [-0.25, -0.2) is 9.97 Å². The monoisotopic (exact) mass is 353 g/mol. The Morgan fingerprint density at radius 3 is 2.54 bits per heavy atom. The van der Waals surface area contributed by atoms with Gasteiger partial charge in [-0.2, -0.15) is 0 Å². The molecule has 1 amide bonds. The molecule has 0 aliphatic heterocycles. The van der Waals surface area contributed by atoms with Crippen LogP contribution in [0.2, 0.25) is 0 Å². The van der Waals surface area contributed by atoms with Crippen LogP contribution in [0.5, 0.6) is 0 Å². The highest BCUT2D eigenvalue weighted by Gasteiger charge is 2.18. The van der Waals surface area contributed by atoms with Crippen molar-refractivity contribution in [2.24, 2.45) is 0 Å². The van der Waals surface area contributed by atoms with Crippen molar-refractivity contribution < 1.29 is 9.59 Å². The zero-order chi connectivity index (χ0) is 18.4. The number of carbonyl (C=O) groups is 2. The van der Waals surface area contributed by atoms with E-state index in [0.29, 0.717) is 23.2 Å². The predicted octanol–water partition coefficient (Wildman–Crippen LogP) is 3.14. The molecule has 7 heteroatoms. The first kappa shape index (κ1) is 17.8. The lowest BCUT2D eigenvalue weighted by atomic mass is 9.96. The summed E-state index contributed by atoms with van der Waals surface area (Å²) in [7, 11) is 1.56. The van der Waals surface area contributed by atoms with Gasteiger partial charge in [0.1, 0.15) is 12.1 Å². The fraction of sp³-hybridized carbons (Fsp3) is 0.368. The molecule has 0 spiro atoms. The van der Waals surface area contributed by atoms with Crippen LogP contribution in [0.4, 0.5) is 17.3 Å². The highest BCUT2D eigenvalue weighted by Crippen LogP contribution is 2.23. The normalized spacial score (nSPS) is 14.5. The Kier molecular flexibility index (Phi) is 5.78. The molecule has 1 aromatic heterocycles. The molecule has 1 saturated carbocycles. The third kappa shape index (κ3) is 4.36. The SMILES string of the molecule is CNC(=O)c1ncc(NC2CCCCC2)nc1Nc1ccc(C=O)cc1. The van der Waals surface area contributed by atoms with Gasteiger partial charge in [0, 0.05) is 24.3 Å². The lowest BCUT2D eigenvalue weighted by Gasteiger charge is -2.23. The summed E-state index contributed by atoms with van der Waals surface area (Å²) in [5, 5.41) is 9.12. The molecule has 1 aliphatic carbocycles. The second-order valence-corrected chi connectivity index (χ2v) is 6.38. The van der Waals surface area contributed by atoms with Gasteiger partial charge in [-0.15, -0.1) is 0 Å². The molecule has 2 aromatic rings. The molecule has 0 atom stereocenters. The maximum atomic E-state index is 12.1. The average molecular weight is 353 g/mol. The van der Waals surface area contributed by atoms with Crippen molar-refractivity contribution in [3.8, 4) is 0 Å². The zero-order valence-electron chi connectivity index (χ0n) is 14.8. The number of carbonyl (C=O) groups excluding carboxylic acids is 2. The van der Waals surface area contributed by atoms with E-state index in [1.54, 1.807) is 37.5 Å². The number of hydrogen-bond acceptors (Lipinski definition) is 6. The molecule has 3 rings (SSSR count). The molecule has 0 radical (unpaired) electrons. The van der Waals surface area contributed by atoms with Gasteiger partial charge >= 0.3 is 0 Å². The van der Waals surface area contributed by atoms with Crippen LogP contribution in [-0.4, -0.2) is 35.3 Å². The van der Waals surface area contributed by atoms with Crippen LogP contribution in [0.1, 0.15) is 53.0 Å². The highest BCUT2D eigenvalue weighted by molar-refractivity contribution is 5.97. The minimum atomic E-state index is -0.311. The average Bonchev–Trinajstić information content (AvgIpc) is 2.69. The third-order valence-corrected chi connectivity index (χ3v) is 4.48. The van der Waals surface area contributed by atoms with Gasteiger partial charge in [0.15, 0.2) is 11.5 Å². The van der Waals surface area contributed by atoms with Gasteiger partial charge in [0.05, 0.1) is 6.20 Å². The third-order valence-electron chi connectivity index (χ3n) is 4.48. The smallest absolute Gasteiger partial charge is 0.273 e. The summed E-state index contributed by atoms with van der Waals surface area (Å²) in [5.41, 5.74) is 1.53. The summed E-state index contributed by atoms with van der Waals surface area (Å²) in [6, 6.07) is 7.32. The van der Waals surface area contributed by atoms with Gasteiger partial charge in [-0.1, -0.05) is 19.3 Å². The Bertz CT molecular complexity index is 770. The van der Waals surface area contributed by atoms with E-state index in [1.807, 2.05) is 0 Å². The minimum absolute atomic E-state index is 0.223. The molecule has 0 unspecified atom stereocenters. The number of hydrogen-bond donors (Lipinski definition) is 3. The van der Waals surface area contributed by atoms with Crippen molar-refractivity contribution in [1.29, 1.82) is 0 Å². The first-order valence-corrected chi connectivity index (χ1v) is 8.87. The molecule has 1 aliphatic rings. The molecule has 1 aromatic carbocycles. The molecular weight excluding hydrogens is 330 g/mol. The van der Waals surface area contributed by atoms with Crippen molar-refractivity contribution in [1.82, 2.24) is 15.3 Å². The number of rotatable bonds is 6. The summed E-state index contributed by atoms with van der Waals surface area (Å²) in [6.45, 7) is 0. The summed E-state index contributed by atoms with van der Waals surface area (Å²) in [5.74, 6) is 0.717. The Morgan fingerprint density at radius 2 is 1.88 bits per heavy atom. The molecule has 0 saturated heterocycles. The minimum Gasteiger partial charge on any atom is -0.366 e. The van der Waals surface area contributed by atoms with Crippen LogP contribution in [0.25, 0.3) is 0 Å². The number of nitrogens with one attached hydrogen (secondary N) is 3. The topological polar surface area (TPSA) is 96.0 Å². The van der Waals surface area contributed by atoms with Crippen molar-refractivity contribution in [3.05, 3.63) is 41.7 Å². The van der Waals surface area contributed by atoms with E-state index in [4.69, 9.17) is 0 Å². The Labute approximate surface area is 152 Å². The van der Waals surface area contributed by atoms with Crippen molar-refractivity contribution in [2.75, 3.05) is 17.7 Å². The van der Waals surface area contributed by atoms with E-state index >= 15 is 0 Å². The second kappa shape index (κ2) is 8.42. The van der Waals surface area contributed by atoms with Crippen molar-refractivity contribution in [3.63, 3.8) is 0 Å². The number of anilines is 3. The molecular formula is C19H23N5O2. The summed E-state index contributed by atoms with van der Waals surface area (Å²) in [4.78, 5) is 31.7. The molecule has 1 fully saturated rings. The summed E-state index contributed by atoms with van der Waals surface area (Å²) in [6.07, 6.45) is 8.34. The lowest BCUT2D eigenvalue weighted by Crippen LogP contribution is -2.25. The Morgan fingerprint density at radius 1 is 1.15 bits per heavy atom. The van der Waals surface area contributed by atoms with Crippen LogP contribution in [0.3, 0.4) is 0 Å². The van der Waals surface area contributed by atoms with Crippen LogP contribution in [-0.2, 0) is 0 Å². The number of aromatic nitrogens is 2. The zero-order valence-corrected chi connectivity index (χ0v) is 14.8. The Balaban J connectivity index is 1.84. The van der Waals surface area contributed by atoms with Gasteiger partial charge in [0.2, 0.25) is 0 Å². The summed E-state index contributed by atoms with van der Waals surface area (Å²) >= 11 is 0. The standard InChI is InChI=1S/C19H23N5O2/c1-20-19(26)17-18(23-15-9-7-13(12-25)8-10-15)24-16(11-21-17)22-14-5-3-2-4-6-14/h7-12,14H,2-6H2,1H3,(H,20,26)(H2,22,23,24). The number of aldehydes is 1. The molecule has 7 nitrogen and oxygen atoms in total. The van der Waals surface area contributed by atoms with E-state index < -0.39 is 0 Å². The Hall–Kier alpha value is -2.96. The van der Waals surface area contributed by atoms with Gasteiger partial charge in [0.25, 0.3) is 5.91 Å². The first-order chi connectivity index (χ1) is 12.7. The van der Waals surface area contributed by atoms with Gasteiger partial charge in [-0.05, 0) is 37.1 Å². The van der Waals surface area contributed by atoms with Gasteiger partial charge < -0.3 is 16.0 Å². The van der Waals surface area contributed by atoms with E-state index in [0.717, 1.165) is 24.8 Å².